The lowest BCUT2D eigenvalue weighted by Crippen LogP contribution is -2.13. The van der Waals surface area contributed by atoms with Crippen molar-refractivity contribution in [2.24, 2.45) is 0 Å². The third kappa shape index (κ3) is 2.68. The van der Waals surface area contributed by atoms with Gasteiger partial charge in [0.05, 0.1) is 9.37 Å². The minimum Gasteiger partial charge on any atom is -0.487 e. The van der Waals surface area contributed by atoms with E-state index in [9.17, 15) is 12.8 Å². The fourth-order valence-corrected chi connectivity index (χ4v) is 3.86. The van der Waals surface area contributed by atoms with Crippen LogP contribution in [0.1, 0.15) is 11.1 Å². The Morgan fingerprint density at radius 1 is 1.29 bits per heavy atom. The number of halogens is 2. The van der Waals surface area contributed by atoms with Gasteiger partial charge >= 0.3 is 0 Å². The van der Waals surface area contributed by atoms with Gasteiger partial charge in [-0.3, -0.25) is 0 Å². The van der Waals surface area contributed by atoms with E-state index in [1.165, 1.54) is 0 Å². The summed E-state index contributed by atoms with van der Waals surface area (Å²) in [5.41, 5.74) is 1.36. The van der Waals surface area contributed by atoms with E-state index in [0.29, 0.717) is 5.56 Å². The van der Waals surface area contributed by atoms with Crippen molar-refractivity contribution in [3.05, 3.63) is 57.8 Å². The molecule has 2 aromatic rings. The average Bonchev–Trinajstić information content (AvgIpc) is 2.76. The quantitative estimate of drug-likeness (QED) is 0.902. The third-order valence-corrected chi connectivity index (χ3v) is 5.40. The summed E-state index contributed by atoms with van der Waals surface area (Å²) in [5, 5.41) is 0. The first-order chi connectivity index (χ1) is 9.99. The topological polar surface area (TPSA) is 55.4 Å². The lowest BCUT2D eigenvalue weighted by molar-refractivity contribution is 0.298. The van der Waals surface area contributed by atoms with Gasteiger partial charge in [0, 0.05) is 12.1 Å². The van der Waals surface area contributed by atoms with E-state index in [-0.39, 0.29) is 28.3 Å². The van der Waals surface area contributed by atoms with Crippen LogP contribution in [-0.4, -0.2) is 8.42 Å². The second kappa shape index (κ2) is 5.40. The molecule has 21 heavy (non-hydrogen) atoms. The van der Waals surface area contributed by atoms with E-state index in [0.717, 1.165) is 11.6 Å². The molecule has 4 nitrogen and oxygen atoms in total. The monoisotopic (exact) mass is 371 g/mol. The van der Waals surface area contributed by atoms with Gasteiger partial charge in [0.1, 0.15) is 18.2 Å². The summed E-state index contributed by atoms with van der Waals surface area (Å²) >= 11 is 3.12. The summed E-state index contributed by atoms with van der Waals surface area (Å²) in [6.45, 7) is 0.329. The molecule has 7 heteroatoms. The van der Waals surface area contributed by atoms with E-state index in [1.807, 2.05) is 30.3 Å². The van der Waals surface area contributed by atoms with Gasteiger partial charge < -0.3 is 4.74 Å². The highest BCUT2D eigenvalue weighted by Gasteiger charge is 2.31. The minimum absolute atomic E-state index is 0.0636. The van der Waals surface area contributed by atoms with Crippen LogP contribution in [0.15, 0.2) is 45.8 Å². The summed E-state index contributed by atoms with van der Waals surface area (Å²) in [6, 6.07) is 10.4. The van der Waals surface area contributed by atoms with Crippen LogP contribution in [-0.2, 0) is 23.2 Å². The minimum atomic E-state index is -3.64. The molecule has 0 saturated carbocycles. The number of hydrogen-bond donors (Lipinski definition) is 1. The predicted molar refractivity (Wildman–Crippen MR) is 78.9 cm³/mol. The van der Waals surface area contributed by atoms with Crippen LogP contribution >= 0.6 is 15.9 Å². The molecule has 0 unspecified atom stereocenters. The number of ether oxygens (including phenoxy) is 1. The third-order valence-electron chi connectivity index (χ3n) is 3.19. The first-order valence-electron chi connectivity index (χ1n) is 6.16. The number of nitrogens with one attached hydrogen (secondary N) is 1. The lowest BCUT2D eigenvalue weighted by Gasteiger charge is -2.12. The maximum absolute atomic E-state index is 13.9. The van der Waals surface area contributed by atoms with Gasteiger partial charge in [-0.1, -0.05) is 30.3 Å². The number of hydrogen-bond acceptors (Lipinski definition) is 3. The van der Waals surface area contributed by atoms with Crippen LogP contribution in [0.2, 0.25) is 0 Å². The van der Waals surface area contributed by atoms with Gasteiger partial charge in [-0.05, 0) is 27.6 Å². The normalized spacial score (nSPS) is 15.7. The van der Waals surface area contributed by atoms with E-state index < -0.39 is 15.8 Å². The fourth-order valence-electron chi connectivity index (χ4n) is 2.15. The molecule has 1 aliphatic rings. The molecule has 0 saturated heterocycles. The molecular formula is C14H11BrFNO3S. The molecule has 2 aromatic carbocycles. The SMILES string of the molecule is O=S1(=O)NCc2c1cc(F)c(Br)c2OCc1ccccc1. The molecule has 110 valence electrons. The van der Waals surface area contributed by atoms with Gasteiger partial charge in [-0.15, -0.1) is 0 Å². The molecule has 0 aliphatic carbocycles. The number of fused-ring (bicyclic) bond motifs is 1. The van der Waals surface area contributed by atoms with E-state index >= 15 is 0 Å². The van der Waals surface area contributed by atoms with Crippen LogP contribution in [0, 0.1) is 5.82 Å². The Bertz CT molecular complexity index is 794. The molecule has 0 aromatic heterocycles. The van der Waals surface area contributed by atoms with E-state index in [2.05, 4.69) is 20.7 Å². The van der Waals surface area contributed by atoms with Crippen molar-refractivity contribution >= 4 is 26.0 Å². The zero-order chi connectivity index (χ0) is 15.0. The highest BCUT2D eigenvalue weighted by Crippen LogP contribution is 2.39. The van der Waals surface area contributed by atoms with Crippen LogP contribution in [0.25, 0.3) is 0 Å². The van der Waals surface area contributed by atoms with Crippen LogP contribution in [0.5, 0.6) is 5.75 Å². The molecule has 0 spiro atoms. The molecule has 0 atom stereocenters. The summed E-state index contributed by atoms with van der Waals surface area (Å²) in [6.07, 6.45) is 0. The van der Waals surface area contributed by atoms with Crippen molar-refractivity contribution in [1.29, 1.82) is 0 Å². The predicted octanol–water partition coefficient (Wildman–Crippen LogP) is 2.96. The van der Waals surface area contributed by atoms with Gasteiger partial charge in [0.2, 0.25) is 10.0 Å². The Balaban J connectivity index is 1.99. The lowest BCUT2D eigenvalue weighted by atomic mass is 10.2. The molecule has 3 rings (SSSR count). The van der Waals surface area contributed by atoms with Crippen LogP contribution < -0.4 is 9.46 Å². The van der Waals surface area contributed by atoms with E-state index in [1.54, 1.807) is 0 Å². The second-order valence-corrected chi connectivity index (χ2v) is 7.11. The van der Waals surface area contributed by atoms with Crippen molar-refractivity contribution in [3.63, 3.8) is 0 Å². The van der Waals surface area contributed by atoms with Crippen molar-refractivity contribution in [2.75, 3.05) is 0 Å². The molecule has 0 bridgehead atoms. The Morgan fingerprint density at radius 2 is 2.00 bits per heavy atom. The molecule has 1 aliphatic heterocycles. The van der Waals surface area contributed by atoms with Crippen LogP contribution in [0.3, 0.4) is 0 Å². The summed E-state index contributed by atoms with van der Waals surface area (Å²) < 4.78 is 45.6. The summed E-state index contributed by atoms with van der Waals surface area (Å²) in [4.78, 5) is -0.0636. The molecular weight excluding hydrogens is 361 g/mol. The largest absolute Gasteiger partial charge is 0.487 e. The Labute approximate surface area is 130 Å². The first kappa shape index (κ1) is 14.5. The standard InChI is InChI=1S/C14H11BrFNO3S/c15-13-11(16)6-12-10(7-17-21(12,18)19)14(13)20-8-9-4-2-1-3-5-9/h1-6,17H,7-8H2. The number of benzene rings is 2. The van der Waals surface area contributed by atoms with Crippen molar-refractivity contribution < 1.29 is 17.5 Å². The zero-order valence-electron chi connectivity index (χ0n) is 10.8. The maximum atomic E-state index is 13.9. The maximum Gasteiger partial charge on any atom is 0.241 e. The van der Waals surface area contributed by atoms with Crippen molar-refractivity contribution in [2.45, 2.75) is 18.0 Å². The average molecular weight is 372 g/mol. The van der Waals surface area contributed by atoms with Crippen LogP contribution in [0.4, 0.5) is 4.39 Å². The molecule has 0 amide bonds. The van der Waals surface area contributed by atoms with Gasteiger partial charge in [-0.25, -0.2) is 17.5 Å². The van der Waals surface area contributed by atoms with Gasteiger partial charge in [0.15, 0.2) is 0 Å². The first-order valence-corrected chi connectivity index (χ1v) is 8.44. The smallest absolute Gasteiger partial charge is 0.241 e. The van der Waals surface area contributed by atoms with Gasteiger partial charge in [-0.2, -0.15) is 0 Å². The molecule has 1 heterocycles. The fraction of sp³-hybridized carbons (Fsp3) is 0.143. The zero-order valence-corrected chi connectivity index (χ0v) is 13.2. The highest BCUT2D eigenvalue weighted by atomic mass is 79.9. The Morgan fingerprint density at radius 3 is 2.71 bits per heavy atom. The summed E-state index contributed by atoms with van der Waals surface area (Å²) in [7, 11) is -3.64. The Kier molecular flexibility index (Phi) is 3.73. The molecule has 1 N–H and O–H groups in total. The van der Waals surface area contributed by atoms with E-state index in [4.69, 9.17) is 4.74 Å². The van der Waals surface area contributed by atoms with Crippen molar-refractivity contribution in [3.8, 4) is 5.75 Å². The molecule has 0 radical (unpaired) electrons. The molecule has 0 fully saturated rings. The Hall–Kier alpha value is -1.44. The number of sulfonamides is 1. The summed E-state index contributed by atoms with van der Waals surface area (Å²) in [5.74, 6) is -0.438. The van der Waals surface area contributed by atoms with Gasteiger partial charge in [0.25, 0.3) is 0 Å². The van der Waals surface area contributed by atoms with Crippen molar-refractivity contribution in [1.82, 2.24) is 4.72 Å². The highest BCUT2D eigenvalue weighted by molar-refractivity contribution is 9.10. The second-order valence-electron chi connectivity index (χ2n) is 4.58. The number of rotatable bonds is 3.